The van der Waals surface area contributed by atoms with Crippen LogP contribution in [0.3, 0.4) is 0 Å². The Morgan fingerprint density at radius 1 is 1.00 bits per heavy atom. The van der Waals surface area contributed by atoms with Crippen LogP contribution in [0.2, 0.25) is 5.02 Å². The van der Waals surface area contributed by atoms with E-state index in [1.165, 1.54) is 12.1 Å². The normalized spacial score (nSPS) is 10.6. The van der Waals surface area contributed by atoms with Crippen molar-refractivity contribution in [3.05, 3.63) is 59.6 Å². The van der Waals surface area contributed by atoms with Crippen LogP contribution in [-0.2, 0) is 10.0 Å². The minimum atomic E-state index is -3.52. The van der Waals surface area contributed by atoms with Crippen LogP contribution >= 0.6 is 11.6 Å². The average Bonchev–Trinajstić information content (AvgIpc) is 2.53. The van der Waals surface area contributed by atoms with Gasteiger partial charge in [-0.15, -0.1) is 0 Å². The maximum Gasteiger partial charge on any atom is 0.241 e. The lowest BCUT2D eigenvalue weighted by Crippen LogP contribution is -2.23. The summed E-state index contributed by atoms with van der Waals surface area (Å²) in [5.41, 5.74) is 0. The number of sulfonamides is 1. The van der Waals surface area contributed by atoms with Crippen molar-refractivity contribution in [2.75, 3.05) is 13.2 Å². The molecule has 0 aliphatic rings. The van der Waals surface area contributed by atoms with E-state index < -0.39 is 10.0 Å². The van der Waals surface area contributed by atoms with Crippen molar-refractivity contribution in [1.29, 1.82) is 0 Å². The van der Waals surface area contributed by atoms with Crippen molar-refractivity contribution in [3.8, 4) is 17.6 Å². The standard InChI is InChI=1S/C16H14ClNO3S/c17-15-10-4-5-11-16(15)21-13-7-6-12-18-22(19,20)14-8-2-1-3-9-14/h1-5,8-11,18H,12-13H2. The smallest absolute Gasteiger partial charge is 0.241 e. The Hall–Kier alpha value is -2.00. The van der Waals surface area contributed by atoms with Gasteiger partial charge in [-0.3, -0.25) is 0 Å². The number of nitrogens with one attached hydrogen (secondary N) is 1. The van der Waals surface area contributed by atoms with E-state index in [2.05, 4.69) is 16.6 Å². The first-order valence-corrected chi connectivity index (χ1v) is 8.33. The molecule has 0 radical (unpaired) electrons. The minimum Gasteiger partial charge on any atom is -0.479 e. The van der Waals surface area contributed by atoms with Gasteiger partial charge in [0.15, 0.2) is 0 Å². The van der Waals surface area contributed by atoms with Crippen LogP contribution in [-0.4, -0.2) is 21.6 Å². The van der Waals surface area contributed by atoms with Crippen LogP contribution in [0, 0.1) is 11.8 Å². The van der Waals surface area contributed by atoms with Gasteiger partial charge < -0.3 is 4.74 Å². The summed E-state index contributed by atoms with van der Waals surface area (Å²) >= 11 is 5.93. The number of para-hydroxylation sites is 1. The fourth-order valence-electron chi connectivity index (χ4n) is 1.60. The van der Waals surface area contributed by atoms with E-state index in [1.54, 1.807) is 36.4 Å². The number of halogens is 1. The molecule has 114 valence electrons. The highest BCUT2D eigenvalue weighted by Gasteiger charge is 2.10. The summed E-state index contributed by atoms with van der Waals surface area (Å²) in [7, 11) is -3.52. The zero-order valence-electron chi connectivity index (χ0n) is 11.6. The van der Waals surface area contributed by atoms with Crippen LogP contribution in [0.5, 0.6) is 5.75 Å². The Kier molecular flexibility index (Phi) is 5.84. The summed E-state index contributed by atoms with van der Waals surface area (Å²) in [6.45, 7) is 0.153. The topological polar surface area (TPSA) is 55.4 Å². The third-order valence-corrected chi connectivity index (χ3v) is 4.39. The Labute approximate surface area is 135 Å². The van der Waals surface area contributed by atoms with Crippen LogP contribution in [0.4, 0.5) is 0 Å². The molecule has 0 unspecified atom stereocenters. The Balaban J connectivity index is 1.81. The van der Waals surface area contributed by atoms with Crippen molar-refractivity contribution in [3.63, 3.8) is 0 Å². The fourth-order valence-corrected chi connectivity index (χ4v) is 2.74. The van der Waals surface area contributed by atoms with Crippen LogP contribution in [0.15, 0.2) is 59.5 Å². The highest BCUT2D eigenvalue weighted by Crippen LogP contribution is 2.22. The summed E-state index contributed by atoms with van der Waals surface area (Å²) in [6, 6.07) is 15.2. The summed E-state index contributed by atoms with van der Waals surface area (Å²) in [5.74, 6) is 5.96. The first-order chi connectivity index (χ1) is 10.6. The number of ether oxygens (including phenoxy) is 1. The molecule has 0 heterocycles. The highest BCUT2D eigenvalue weighted by atomic mass is 35.5. The monoisotopic (exact) mass is 335 g/mol. The average molecular weight is 336 g/mol. The van der Waals surface area contributed by atoms with Crippen LogP contribution < -0.4 is 9.46 Å². The molecule has 0 saturated heterocycles. The summed E-state index contributed by atoms with van der Waals surface area (Å²) in [4.78, 5) is 0.212. The van der Waals surface area contributed by atoms with E-state index >= 15 is 0 Å². The molecule has 0 amide bonds. The maximum atomic E-state index is 11.9. The van der Waals surface area contributed by atoms with Crippen LogP contribution in [0.25, 0.3) is 0 Å². The van der Waals surface area contributed by atoms with Gasteiger partial charge in [0.05, 0.1) is 16.5 Å². The third-order valence-electron chi connectivity index (χ3n) is 2.67. The molecule has 0 aliphatic carbocycles. The molecular weight excluding hydrogens is 322 g/mol. The van der Waals surface area contributed by atoms with Gasteiger partial charge in [-0.2, -0.15) is 4.72 Å². The van der Waals surface area contributed by atoms with Crippen molar-refractivity contribution < 1.29 is 13.2 Å². The van der Waals surface area contributed by atoms with E-state index in [-0.39, 0.29) is 18.0 Å². The van der Waals surface area contributed by atoms with Gasteiger partial charge in [0, 0.05) is 0 Å². The van der Waals surface area contributed by atoms with Gasteiger partial charge in [-0.05, 0) is 24.3 Å². The molecule has 2 aromatic carbocycles. The molecule has 4 nitrogen and oxygen atoms in total. The van der Waals surface area contributed by atoms with Crippen LogP contribution in [0.1, 0.15) is 0 Å². The quantitative estimate of drug-likeness (QED) is 0.855. The fraction of sp³-hybridized carbons (Fsp3) is 0.125. The lowest BCUT2D eigenvalue weighted by molar-refractivity contribution is 0.370. The highest BCUT2D eigenvalue weighted by molar-refractivity contribution is 7.89. The van der Waals surface area contributed by atoms with E-state index in [0.717, 1.165) is 0 Å². The molecule has 0 aliphatic heterocycles. The summed E-state index contributed by atoms with van der Waals surface area (Å²) in [6.07, 6.45) is 0. The van der Waals surface area contributed by atoms with E-state index in [4.69, 9.17) is 16.3 Å². The van der Waals surface area contributed by atoms with Gasteiger partial charge in [0.2, 0.25) is 10.0 Å². The molecule has 0 atom stereocenters. The predicted octanol–water partition coefficient (Wildman–Crippen LogP) is 2.70. The minimum absolute atomic E-state index is 0.0170. The van der Waals surface area contributed by atoms with Gasteiger partial charge >= 0.3 is 0 Å². The summed E-state index contributed by atoms with van der Waals surface area (Å²) in [5, 5.41) is 0.508. The Bertz CT molecular complexity index is 780. The molecule has 6 heteroatoms. The molecular formula is C16H14ClNO3S. The second-order valence-electron chi connectivity index (χ2n) is 4.21. The molecule has 22 heavy (non-hydrogen) atoms. The molecule has 0 spiro atoms. The largest absolute Gasteiger partial charge is 0.479 e. The zero-order valence-corrected chi connectivity index (χ0v) is 13.2. The van der Waals surface area contributed by atoms with Crippen molar-refractivity contribution >= 4 is 21.6 Å². The lowest BCUT2D eigenvalue weighted by Gasteiger charge is -2.03. The SMILES string of the molecule is O=S(=O)(NCC#CCOc1ccccc1Cl)c1ccccc1. The molecule has 0 fully saturated rings. The number of rotatable bonds is 5. The van der Waals surface area contributed by atoms with E-state index in [0.29, 0.717) is 10.8 Å². The molecule has 0 saturated carbocycles. The van der Waals surface area contributed by atoms with Gasteiger partial charge in [-0.25, -0.2) is 8.42 Å². The second kappa shape index (κ2) is 7.85. The van der Waals surface area contributed by atoms with Crippen molar-refractivity contribution in [1.82, 2.24) is 4.72 Å². The molecule has 2 rings (SSSR count). The Morgan fingerprint density at radius 3 is 2.41 bits per heavy atom. The molecule has 0 bridgehead atoms. The van der Waals surface area contributed by atoms with E-state index in [1.807, 2.05) is 6.07 Å². The first kappa shape index (κ1) is 16.4. The van der Waals surface area contributed by atoms with Crippen molar-refractivity contribution in [2.24, 2.45) is 0 Å². The molecule has 2 aromatic rings. The number of benzene rings is 2. The maximum absolute atomic E-state index is 11.9. The molecule has 1 N–H and O–H groups in total. The van der Waals surface area contributed by atoms with Gasteiger partial charge in [-0.1, -0.05) is 53.8 Å². The van der Waals surface area contributed by atoms with Gasteiger partial charge in [0.25, 0.3) is 0 Å². The first-order valence-electron chi connectivity index (χ1n) is 6.47. The number of hydrogen-bond acceptors (Lipinski definition) is 3. The number of hydrogen-bond donors (Lipinski definition) is 1. The Morgan fingerprint density at radius 2 is 1.68 bits per heavy atom. The van der Waals surface area contributed by atoms with E-state index in [9.17, 15) is 8.42 Å². The summed E-state index contributed by atoms with van der Waals surface area (Å²) < 4.78 is 31.6. The zero-order chi connectivity index (χ0) is 15.8. The lowest BCUT2D eigenvalue weighted by atomic mass is 10.3. The second-order valence-corrected chi connectivity index (χ2v) is 6.38. The van der Waals surface area contributed by atoms with Crippen molar-refractivity contribution in [2.45, 2.75) is 4.90 Å². The third kappa shape index (κ3) is 4.78. The predicted molar refractivity (Wildman–Crippen MR) is 86.4 cm³/mol. The molecule has 0 aromatic heterocycles. The van der Waals surface area contributed by atoms with Gasteiger partial charge in [0.1, 0.15) is 12.4 Å².